The van der Waals surface area contributed by atoms with Crippen LogP contribution in [-0.4, -0.2) is 23.4 Å². The van der Waals surface area contributed by atoms with Gasteiger partial charge in [0.1, 0.15) is 0 Å². The molecule has 0 aliphatic heterocycles. The Labute approximate surface area is 111 Å². The Morgan fingerprint density at radius 2 is 1.56 bits per heavy atom. The molecule has 104 valence electrons. The lowest BCUT2D eigenvalue weighted by molar-refractivity contribution is -0.0886. The molecule has 0 spiro atoms. The largest absolute Gasteiger partial charge is 0.390 e. The van der Waals surface area contributed by atoms with Crippen LogP contribution in [0.25, 0.3) is 0 Å². The second-order valence-electron chi connectivity index (χ2n) is 8.04. The van der Waals surface area contributed by atoms with E-state index in [1.54, 1.807) is 0 Å². The first kappa shape index (κ1) is 12.9. The van der Waals surface area contributed by atoms with Gasteiger partial charge >= 0.3 is 0 Å². The summed E-state index contributed by atoms with van der Waals surface area (Å²) < 4.78 is 5.89. The van der Waals surface area contributed by atoms with E-state index in [4.69, 9.17) is 4.74 Å². The fourth-order valence-corrected chi connectivity index (χ4v) is 5.48. The Morgan fingerprint density at radius 3 is 2.17 bits per heavy atom. The van der Waals surface area contributed by atoms with Gasteiger partial charge in [0.2, 0.25) is 0 Å². The lowest BCUT2D eigenvalue weighted by atomic mass is 9.73. The average molecular weight is 252 g/mol. The predicted octanol–water partition coefficient (Wildman–Crippen LogP) is 3.23. The molecule has 18 heavy (non-hydrogen) atoms. The van der Waals surface area contributed by atoms with Gasteiger partial charge in [-0.3, -0.25) is 0 Å². The van der Waals surface area contributed by atoms with Gasteiger partial charge in [0.15, 0.2) is 0 Å². The van der Waals surface area contributed by atoms with Crippen molar-refractivity contribution in [3.8, 4) is 0 Å². The second kappa shape index (κ2) is 3.52. The van der Waals surface area contributed by atoms with Crippen molar-refractivity contribution in [2.75, 3.05) is 7.11 Å². The lowest BCUT2D eigenvalue weighted by Gasteiger charge is -2.40. The molecule has 0 bridgehead atoms. The zero-order chi connectivity index (χ0) is 13.3. The van der Waals surface area contributed by atoms with E-state index in [0.717, 1.165) is 25.2 Å². The first-order valence-corrected chi connectivity index (χ1v) is 7.51. The van der Waals surface area contributed by atoms with Gasteiger partial charge in [-0.05, 0) is 68.6 Å². The monoisotopic (exact) mass is 252 g/mol. The number of methoxy groups -OCH3 is 1. The van der Waals surface area contributed by atoms with Crippen LogP contribution in [0.2, 0.25) is 0 Å². The van der Waals surface area contributed by atoms with Crippen LogP contribution in [0.4, 0.5) is 0 Å². The van der Waals surface area contributed by atoms with Crippen molar-refractivity contribution >= 4 is 0 Å². The Hall–Kier alpha value is -0.0800. The first-order chi connectivity index (χ1) is 8.24. The smallest absolute Gasteiger partial charge is 0.0682 e. The van der Waals surface area contributed by atoms with E-state index in [-0.39, 0.29) is 5.60 Å². The van der Waals surface area contributed by atoms with Crippen molar-refractivity contribution in [3.05, 3.63) is 0 Å². The Bertz CT molecular complexity index is 360. The SMILES string of the molecule is CO[C@@]1(C)CC[C@@H]2[C@H]([C@H]3[C@@H]1CC[C@@]3(C)O)C2(C)C. The molecular weight excluding hydrogens is 224 g/mol. The maximum absolute atomic E-state index is 10.8. The lowest BCUT2D eigenvalue weighted by Crippen LogP contribution is -2.44. The molecule has 0 amide bonds. The van der Waals surface area contributed by atoms with E-state index in [1.165, 1.54) is 6.42 Å². The molecule has 0 heterocycles. The minimum absolute atomic E-state index is 0.0192. The minimum atomic E-state index is -0.481. The molecule has 3 aliphatic rings. The molecule has 0 radical (unpaired) electrons. The standard InChI is InChI=1S/C16H28O2/c1-14(2)10-7-9-16(4,18-5)11-6-8-15(3,17)13(11)12(10)14/h10-13,17H,6-9H2,1-5H3/t10-,11+,12-,13-,15-,16+/m1/s1. The summed E-state index contributed by atoms with van der Waals surface area (Å²) in [6, 6.07) is 0. The third kappa shape index (κ3) is 1.48. The van der Waals surface area contributed by atoms with Crippen LogP contribution in [0.3, 0.4) is 0 Å². The van der Waals surface area contributed by atoms with Gasteiger partial charge in [0, 0.05) is 7.11 Å². The zero-order valence-electron chi connectivity index (χ0n) is 12.5. The number of hydrogen-bond acceptors (Lipinski definition) is 2. The number of hydrogen-bond donors (Lipinski definition) is 1. The summed E-state index contributed by atoms with van der Waals surface area (Å²) >= 11 is 0. The van der Waals surface area contributed by atoms with Gasteiger partial charge < -0.3 is 9.84 Å². The highest BCUT2D eigenvalue weighted by atomic mass is 16.5. The van der Waals surface area contributed by atoms with Crippen molar-refractivity contribution < 1.29 is 9.84 Å². The zero-order valence-corrected chi connectivity index (χ0v) is 12.5. The van der Waals surface area contributed by atoms with E-state index in [2.05, 4.69) is 27.7 Å². The highest BCUT2D eigenvalue weighted by Crippen LogP contribution is 2.72. The number of ether oxygens (including phenoxy) is 1. The van der Waals surface area contributed by atoms with E-state index < -0.39 is 5.60 Å². The van der Waals surface area contributed by atoms with Crippen molar-refractivity contribution in [2.45, 2.75) is 64.6 Å². The fourth-order valence-electron chi connectivity index (χ4n) is 5.48. The van der Waals surface area contributed by atoms with Crippen LogP contribution < -0.4 is 0 Å². The van der Waals surface area contributed by atoms with E-state index in [9.17, 15) is 5.11 Å². The third-order valence-electron chi connectivity index (χ3n) is 6.84. The van der Waals surface area contributed by atoms with E-state index in [0.29, 0.717) is 23.2 Å². The van der Waals surface area contributed by atoms with Crippen LogP contribution in [0.1, 0.15) is 53.4 Å². The quantitative estimate of drug-likeness (QED) is 0.776. The molecule has 0 aromatic carbocycles. The van der Waals surface area contributed by atoms with Crippen molar-refractivity contribution in [2.24, 2.45) is 29.1 Å². The van der Waals surface area contributed by atoms with Crippen LogP contribution >= 0.6 is 0 Å². The second-order valence-corrected chi connectivity index (χ2v) is 8.04. The molecule has 3 fully saturated rings. The van der Waals surface area contributed by atoms with Crippen molar-refractivity contribution in [1.82, 2.24) is 0 Å². The van der Waals surface area contributed by atoms with E-state index >= 15 is 0 Å². The van der Waals surface area contributed by atoms with E-state index in [1.807, 2.05) is 7.11 Å². The van der Waals surface area contributed by atoms with Gasteiger partial charge in [-0.2, -0.15) is 0 Å². The molecule has 2 heteroatoms. The molecule has 3 rings (SSSR count). The van der Waals surface area contributed by atoms with Gasteiger partial charge in [-0.15, -0.1) is 0 Å². The predicted molar refractivity (Wildman–Crippen MR) is 72.2 cm³/mol. The fraction of sp³-hybridized carbons (Fsp3) is 1.00. The van der Waals surface area contributed by atoms with Gasteiger partial charge in [-0.25, -0.2) is 0 Å². The molecule has 3 saturated carbocycles. The summed E-state index contributed by atoms with van der Waals surface area (Å²) in [5, 5.41) is 10.8. The summed E-state index contributed by atoms with van der Waals surface area (Å²) in [4.78, 5) is 0. The molecule has 3 aliphatic carbocycles. The highest BCUT2D eigenvalue weighted by Gasteiger charge is 2.69. The van der Waals surface area contributed by atoms with Gasteiger partial charge in [0.05, 0.1) is 11.2 Å². The maximum atomic E-state index is 10.8. The summed E-state index contributed by atoms with van der Waals surface area (Å²) in [6.07, 6.45) is 4.50. The maximum Gasteiger partial charge on any atom is 0.0682 e. The van der Waals surface area contributed by atoms with Crippen LogP contribution in [0, 0.1) is 29.1 Å². The molecule has 0 saturated heterocycles. The molecule has 0 unspecified atom stereocenters. The first-order valence-electron chi connectivity index (χ1n) is 7.51. The van der Waals surface area contributed by atoms with Crippen molar-refractivity contribution in [1.29, 1.82) is 0 Å². The number of rotatable bonds is 1. The van der Waals surface area contributed by atoms with Gasteiger partial charge in [0.25, 0.3) is 0 Å². The normalized spacial score (nSPS) is 57.7. The highest BCUT2D eigenvalue weighted by molar-refractivity contribution is 5.18. The molecule has 0 aromatic rings. The Morgan fingerprint density at radius 1 is 0.944 bits per heavy atom. The number of aliphatic hydroxyl groups is 1. The third-order valence-corrected chi connectivity index (χ3v) is 6.84. The number of fused-ring (bicyclic) bond motifs is 3. The molecule has 6 atom stereocenters. The van der Waals surface area contributed by atoms with Gasteiger partial charge in [-0.1, -0.05) is 13.8 Å². The molecule has 2 nitrogen and oxygen atoms in total. The Kier molecular flexibility index (Phi) is 2.53. The van der Waals surface area contributed by atoms with Crippen LogP contribution in [-0.2, 0) is 4.74 Å². The Balaban J connectivity index is 1.99. The summed E-state index contributed by atoms with van der Waals surface area (Å²) in [5.41, 5.74) is -0.0630. The van der Waals surface area contributed by atoms with Crippen LogP contribution in [0.15, 0.2) is 0 Å². The summed E-state index contributed by atoms with van der Waals surface area (Å²) in [5.74, 6) is 2.47. The van der Waals surface area contributed by atoms with Crippen LogP contribution in [0.5, 0.6) is 0 Å². The summed E-state index contributed by atoms with van der Waals surface area (Å²) in [7, 11) is 1.85. The molecule has 0 aromatic heterocycles. The van der Waals surface area contributed by atoms with Crippen molar-refractivity contribution in [3.63, 3.8) is 0 Å². The molecule has 1 N–H and O–H groups in total. The molecular formula is C16H28O2. The summed E-state index contributed by atoms with van der Waals surface area (Å²) in [6.45, 7) is 9.11. The average Bonchev–Trinajstić information content (AvgIpc) is 2.72. The minimum Gasteiger partial charge on any atom is -0.390 e. The topological polar surface area (TPSA) is 29.5 Å².